The van der Waals surface area contributed by atoms with Crippen molar-refractivity contribution >= 4 is 33.6 Å². The van der Waals surface area contributed by atoms with E-state index >= 15 is 0 Å². The average molecular weight is 380 g/mol. The van der Waals surface area contributed by atoms with E-state index < -0.39 is 27.9 Å². The highest BCUT2D eigenvalue weighted by atomic mass is 32.2. The number of carbonyl (C=O) groups is 3. The van der Waals surface area contributed by atoms with Crippen molar-refractivity contribution in [1.29, 1.82) is 0 Å². The number of amides is 4. The van der Waals surface area contributed by atoms with E-state index in [9.17, 15) is 22.8 Å². The van der Waals surface area contributed by atoms with Crippen LogP contribution in [0.15, 0.2) is 29.2 Å². The minimum absolute atomic E-state index is 0.0465. The van der Waals surface area contributed by atoms with Crippen molar-refractivity contribution in [3.63, 3.8) is 0 Å². The summed E-state index contributed by atoms with van der Waals surface area (Å²) < 4.78 is 26.4. The number of nitrogens with zero attached hydrogens (tertiary/aromatic N) is 3. The van der Waals surface area contributed by atoms with Crippen molar-refractivity contribution in [2.24, 2.45) is 0 Å². The average Bonchev–Trinajstić information content (AvgIpc) is 3.21. The Morgan fingerprint density at radius 1 is 1.12 bits per heavy atom. The molecule has 1 N–H and O–H groups in total. The molecular weight excluding hydrogens is 360 g/mol. The van der Waals surface area contributed by atoms with Crippen LogP contribution in [0.25, 0.3) is 0 Å². The molecule has 2 aliphatic rings. The zero-order chi connectivity index (χ0) is 18.9. The third kappa shape index (κ3) is 3.56. The van der Waals surface area contributed by atoms with Gasteiger partial charge in [0.25, 0.3) is 5.91 Å². The van der Waals surface area contributed by atoms with Crippen LogP contribution in [0.2, 0.25) is 0 Å². The second-order valence-electron chi connectivity index (χ2n) is 6.30. The Hall–Kier alpha value is -2.46. The molecule has 2 aliphatic heterocycles. The summed E-state index contributed by atoms with van der Waals surface area (Å²) >= 11 is 0. The molecule has 0 aromatic heterocycles. The van der Waals surface area contributed by atoms with Gasteiger partial charge >= 0.3 is 6.03 Å². The molecule has 0 unspecified atom stereocenters. The monoisotopic (exact) mass is 380 g/mol. The van der Waals surface area contributed by atoms with Gasteiger partial charge in [0.15, 0.2) is 0 Å². The molecule has 0 aliphatic carbocycles. The highest BCUT2D eigenvalue weighted by Crippen LogP contribution is 2.22. The molecule has 0 saturated carbocycles. The molecule has 9 nitrogen and oxygen atoms in total. The summed E-state index contributed by atoms with van der Waals surface area (Å²) in [4.78, 5) is 37.8. The first-order valence-electron chi connectivity index (χ1n) is 8.24. The number of hydrogen-bond acceptors (Lipinski definition) is 5. The van der Waals surface area contributed by atoms with E-state index in [4.69, 9.17) is 0 Å². The summed E-state index contributed by atoms with van der Waals surface area (Å²) in [6.07, 6.45) is 1.72. The van der Waals surface area contributed by atoms with Crippen LogP contribution in [-0.2, 0) is 19.6 Å². The van der Waals surface area contributed by atoms with Crippen molar-refractivity contribution in [1.82, 2.24) is 14.1 Å². The van der Waals surface area contributed by atoms with Crippen LogP contribution in [0.5, 0.6) is 0 Å². The second kappa shape index (κ2) is 7.04. The summed E-state index contributed by atoms with van der Waals surface area (Å²) in [6.45, 7) is 0.616. The van der Waals surface area contributed by atoms with Crippen LogP contribution in [0.1, 0.15) is 12.8 Å². The van der Waals surface area contributed by atoms with Crippen LogP contribution in [0.4, 0.5) is 10.5 Å². The van der Waals surface area contributed by atoms with E-state index in [0.29, 0.717) is 18.8 Å². The molecule has 1 aromatic carbocycles. The molecular formula is C16H20N4O5S. The fourth-order valence-corrected chi connectivity index (χ4v) is 4.47. The van der Waals surface area contributed by atoms with Gasteiger partial charge < -0.3 is 10.2 Å². The van der Waals surface area contributed by atoms with E-state index in [1.54, 1.807) is 0 Å². The van der Waals surface area contributed by atoms with Gasteiger partial charge in [0.05, 0.1) is 4.90 Å². The number of benzene rings is 1. The number of likely N-dealkylation sites (N-methyl/N-ethyl adjacent to an activating group) is 1. The molecule has 10 heteroatoms. The molecule has 2 saturated heterocycles. The Labute approximate surface area is 151 Å². The molecule has 3 rings (SSSR count). The largest absolute Gasteiger partial charge is 0.327 e. The zero-order valence-corrected chi connectivity index (χ0v) is 15.2. The quantitative estimate of drug-likeness (QED) is 0.740. The fourth-order valence-electron chi connectivity index (χ4n) is 2.96. The molecule has 1 aromatic rings. The molecule has 26 heavy (non-hydrogen) atoms. The number of hydrogen-bond donors (Lipinski definition) is 1. The van der Waals surface area contributed by atoms with E-state index in [-0.39, 0.29) is 18.0 Å². The van der Waals surface area contributed by atoms with Gasteiger partial charge in [-0.15, -0.1) is 0 Å². The summed E-state index contributed by atoms with van der Waals surface area (Å²) in [7, 11) is -2.02. The highest BCUT2D eigenvalue weighted by Gasteiger charge is 2.34. The van der Waals surface area contributed by atoms with Crippen LogP contribution >= 0.6 is 0 Å². The Balaban J connectivity index is 1.63. The van der Waals surface area contributed by atoms with Gasteiger partial charge in [-0.2, -0.15) is 4.31 Å². The molecule has 0 bridgehead atoms. The zero-order valence-electron chi connectivity index (χ0n) is 14.3. The van der Waals surface area contributed by atoms with Crippen molar-refractivity contribution in [2.75, 3.05) is 38.5 Å². The predicted molar refractivity (Wildman–Crippen MR) is 92.8 cm³/mol. The van der Waals surface area contributed by atoms with Crippen LogP contribution in [0.3, 0.4) is 0 Å². The molecule has 0 atom stereocenters. The van der Waals surface area contributed by atoms with Gasteiger partial charge in [-0.3, -0.25) is 14.5 Å². The minimum atomic E-state index is -3.51. The summed E-state index contributed by atoms with van der Waals surface area (Å²) in [5.41, 5.74) is 0.392. The van der Waals surface area contributed by atoms with Gasteiger partial charge in [0.2, 0.25) is 15.9 Å². The lowest BCUT2D eigenvalue weighted by Gasteiger charge is -2.16. The predicted octanol–water partition coefficient (Wildman–Crippen LogP) is 0.304. The maximum atomic E-state index is 12.5. The number of imide groups is 1. The van der Waals surface area contributed by atoms with Gasteiger partial charge in [-0.05, 0) is 37.1 Å². The van der Waals surface area contributed by atoms with Gasteiger partial charge in [-0.25, -0.2) is 13.2 Å². The second-order valence-corrected chi connectivity index (χ2v) is 8.24. The van der Waals surface area contributed by atoms with E-state index in [0.717, 1.165) is 17.7 Å². The van der Waals surface area contributed by atoms with Gasteiger partial charge in [0.1, 0.15) is 13.1 Å². The lowest BCUT2D eigenvalue weighted by atomic mass is 10.3. The number of urea groups is 1. The number of anilines is 1. The third-order valence-electron chi connectivity index (χ3n) is 4.37. The maximum Gasteiger partial charge on any atom is 0.327 e. The molecule has 0 radical (unpaired) electrons. The third-order valence-corrected chi connectivity index (χ3v) is 6.29. The number of carbonyl (C=O) groups excluding carboxylic acids is 3. The summed E-state index contributed by atoms with van der Waals surface area (Å²) in [5, 5.41) is 2.56. The lowest BCUT2D eigenvalue weighted by Crippen LogP contribution is -2.38. The first-order chi connectivity index (χ1) is 12.3. The number of rotatable bonds is 5. The van der Waals surface area contributed by atoms with Crippen LogP contribution in [0, 0.1) is 0 Å². The minimum Gasteiger partial charge on any atom is -0.325 e. The molecule has 0 spiro atoms. The van der Waals surface area contributed by atoms with E-state index in [1.807, 2.05) is 0 Å². The Morgan fingerprint density at radius 2 is 1.73 bits per heavy atom. The summed E-state index contributed by atoms with van der Waals surface area (Å²) in [5.74, 6) is -0.961. The Bertz CT molecular complexity index is 831. The van der Waals surface area contributed by atoms with Gasteiger partial charge in [0, 0.05) is 25.8 Å². The van der Waals surface area contributed by atoms with Crippen molar-refractivity contribution in [2.45, 2.75) is 17.7 Å². The van der Waals surface area contributed by atoms with Crippen LogP contribution < -0.4 is 5.32 Å². The first kappa shape index (κ1) is 18.3. The highest BCUT2D eigenvalue weighted by molar-refractivity contribution is 7.89. The lowest BCUT2D eigenvalue weighted by molar-refractivity contribution is -0.129. The first-order valence-corrected chi connectivity index (χ1v) is 9.68. The summed E-state index contributed by atoms with van der Waals surface area (Å²) in [6, 6.07) is 5.32. The molecule has 2 fully saturated rings. The van der Waals surface area contributed by atoms with Crippen LogP contribution in [-0.4, -0.2) is 73.6 Å². The maximum absolute atomic E-state index is 12.5. The molecule has 140 valence electrons. The normalized spacial score (nSPS) is 18.7. The Kier molecular flexibility index (Phi) is 4.97. The standard InChI is InChI=1S/C16H20N4O5S/c1-18-11-15(22)20(16(18)23)10-14(21)17-12-4-6-13(7-5-12)26(24,25)19-8-2-3-9-19/h4-7H,2-3,8-11H2,1H3,(H,17,21). The number of sulfonamides is 1. The fraction of sp³-hybridized carbons (Fsp3) is 0.438. The van der Waals surface area contributed by atoms with Crippen molar-refractivity contribution in [3.8, 4) is 0 Å². The van der Waals surface area contributed by atoms with Crippen molar-refractivity contribution < 1.29 is 22.8 Å². The topological polar surface area (TPSA) is 107 Å². The van der Waals surface area contributed by atoms with Gasteiger partial charge in [-0.1, -0.05) is 0 Å². The van der Waals surface area contributed by atoms with E-state index in [2.05, 4.69) is 5.32 Å². The molecule has 4 amide bonds. The Morgan fingerprint density at radius 3 is 2.27 bits per heavy atom. The SMILES string of the molecule is CN1CC(=O)N(CC(=O)Nc2ccc(S(=O)(=O)N3CCCC3)cc2)C1=O. The van der Waals surface area contributed by atoms with Crippen molar-refractivity contribution in [3.05, 3.63) is 24.3 Å². The smallest absolute Gasteiger partial charge is 0.325 e. The molecule has 2 heterocycles. The van der Waals surface area contributed by atoms with E-state index in [1.165, 1.54) is 40.5 Å². The number of nitrogens with one attached hydrogen (secondary N) is 1.